The van der Waals surface area contributed by atoms with Gasteiger partial charge in [-0.25, -0.2) is 0 Å². The quantitative estimate of drug-likeness (QED) is 0.277. The van der Waals surface area contributed by atoms with Crippen LogP contribution in [0.1, 0.15) is 28.1 Å². The molecular formula is C27H27ClN4O2S. The van der Waals surface area contributed by atoms with E-state index in [1.807, 2.05) is 86.9 Å². The van der Waals surface area contributed by atoms with Gasteiger partial charge in [-0.05, 0) is 68.7 Å². The molecule has 0 aliphatic rings. The molecule has 1 aromatic heterocycles. The van der Waals surface area contributed by atoms with Crippen LogP contribution < -0.4 is 10.1 Å². The first-order chi connectivity index (χ1) is 16.8. The Labute approximate surface area is 214 Å². The van der Waals surface area contributed by atoms with Gasteiger partial charge in [0.15, 0.2) is 11.0 Å². The van der Waals surface area contributed by atoms with Crippen molar-refractivity contribution < 1.29 is 9.53 Å². The van der Waals surface area contributed by atoms with Gasteiger partial charge >= 0.3 is 0 Å². The molecule has 0 unspecified atom stereocenters. The number of aromatic nitrogens is 3. The van der Waals surface area contributed by atoms with Crippen molar-refractivity contribution in [3.63, 3.8) is 0 Å². The van der Waals surface area contributed by atoms with Crippen LogP contribution >= 0.6 is 23.4 Å². The number of thioether (sulfide) groups is 1. The Morgan fingerprint density at radius 3 is 2.37 bits per heavy atom. The minimum Gasteiger partial charge on any atom is -0.485 e. The molecule has 1 N–H and O–H groups in total. The van der Waals surface area contributed by atoms with Gasteiger partial charge in [0.1, 0.15) is 12.4 Å². The number of para-hydroxylation sites is 1. The number of hydrogen-bond donors (Lipinski definition) is 1. The minimum atomic E-state index is -0.151. The topological polar surface area (TPSA) is 69.0 Å². The van der Waals surface area contributed by atoms with E-state index in [0.717, 1.165) is 33.7 Å². The van der Waals surface area contributed by atoms with Crippen molar-refractivity contribution in [3.05, 3.63) is 93.8 Å². The number of halogens is 1. The predicted molar refractivity (Wildman–Crippen MR) is 142 cm³/mol. The summed E-state index contributed by atoms with van der Waals surface area (Å²) in [6.07, 6.45) is 0. The molecule has 4 rings (SSSR count). The summed E-state index contributed by atoms with van der Waals surface area (Å²) in [7, 11) is 0. The summed E-state index contributed by atoms with van der Waals surface area (Å²) in [4.78, 5) is 12.6. The monoisotopic (exact) mass is 506 g/mol. The van der Waals surface area contributed by atoms with E-state index in [4.69, 9.17) is 16.3 Å². The Kier molecular flexibility index (Phi) is 7.78. The lowest BCUT2D eigenvalue weighted by atomic mass is 10.1. The number of hydrogen-bond acceptors (Lipinski definition) is 5. The Bertz CT molecular complexity index is 1330. The molecule has 0 saturated carbocycles. The molecule has 0 saturated heterocycles. The van der Waals surface area contributed by atoms with Crippen molar-refractivity contribution in [1.82, 2.24) is 14.8 Å². The zero-order chi connectivity index (χ0) is 24.9. The largest absolute Gasteiger partial charge is 0.485 e. The SMILES string of the molecule is Cc1ccc(-n2c(COc3c(C)cccc3C)nnc2SCC(=O)Nc2ccc(C)c(Cl)c2)cc1. The highest BCUT2D eigenvalue weighted by atomic mass is 35.5. The molecule has 0 aliphatic heterocycles. The normalized spacial score (nSPS) is 10.9. The lowest BCUT2D eigenvalue weighted by Gasteiger charge is -2.14. The summed E-state index contributed by atoms with van der Waals surface area (Å²) < 4.78 is 8.09. The third kappa shape index (κ3) is 6.05. The molecule has 0 aliphatic carbocycles. The number of nitrogens with one attached hydrogen (secondary N) is 1. The fraction of sp³-hybridized carbons (Fsp3) is 0.222. The number of ether oxygens (including phenoxy) is 1. The van der Waals surface area contributed by atoms with Gasteiger partial charge in [0.25, 0.3) is 0 Å². The van der Waals surface area contributed by atoms with Gasteiger partial charge in [0.2, 0.25) is 5.91 Å². The van der Waals surface area contributed by atoms with Crippen molar-refractivity contribution in [1.29, 1.82) is 0 Å². The van der Waals surface area contributed by atoms with Gasteiger partial charge in [-0.1, -0.05) is 65.3 Å². The summed E-state index contributed by atoms with van der Waals surface area (Å²) in [6.45, 7) is 8.26. The lowest BCUT2D eigenvalue weighted by molar-refractivity contribution is -0.113. The fourth-order valence-corrected chi connectivity index (χ4v) is 4.55. The summed E-state index contributed by atoms with van der Waals surface area (Å²) in [5, 5.41) is 12.9. The molecule has 0 fully saturated rings. The number of nitrogens with zero attached hydrogens (tertiary/aromatic N) is 3. The van der Waals surface area contributed by atoms with Crippen molar-refractivity contribution in [2.45, 2.75) is 39.5 Å². The molecule has 6 nitrogen and oxygen atoms in total. The first-order valence-corrected chi connectivity index (χ1v) is 12.6. The van der Waals surface area contributed by atoms with Crippen LogP contribution in [0.4, 0.5) is 5.69 Å². The first kappa shape index (κ1) is 24.8. The number of benzene rings is 3. The van der Waals surface area contributed by atoms with Crippen LogP contribution in [0.3, 0.4) is 0 Å². The number of carbonyl (C=O) groups excluding carboxylic acids is 1. The van der Waals surface area contributed by atoms with Crippen LogP contribution in [0.5, 0.6) is 5.75 Å². The summed E-state index contributed by atoms with van der Waals surface area (Å²) >= 11 is 7.49. The highest BCUT2D eigenvalue weighted by Gasteiger charge is 2.17. The number of rotatable bonds is 8. The molecule has 0 atom stereocenters. The van der Waals surface area contributed by atoms with Crippen molar-refractivity contribution in [2.75, 3.05) is 11.1 Å². The van der Waals surface area contributed by atoms with Gasteiger partial charge in [-0.3, -0.25) is 9.36 Å². The van der Waals surface area contributed by atoms with E-state index in [9.17, 15) is 4.79 Å². The van der Waals surface area contributed by atoms with Crippen LogP contribution in [-0.2, 0) is 11.4 Å². The summed E-state index contributed by atoms with van der Waals surface area (Å²) in [6, 6.07) is 19.6. The average Bonchev–Trinajstić information content (AvgIpc) is 3.23. The van der Waals surface area contributed by atoms with Crippen LogP contribution in [0, 0.1) is 27.7 Å². The second-order valence-electron chi connectivity index (χ2n) is 8.38. The number of amides is 1. The highest BCUT2D eigenvalue weighted by Crippen LogP contribution is 2.27. The number of carbonyl (C=O) groups is 1. The molecule has 4 aromatic rings. The van der Waals surface area contributed by atoms with E-state index in [1.54, 1.807) is 6.07 Å². The summed E-state index contributed by atoms with van der Waals surface area (Å²) in [5.41, 5.74) is 5.81. The smallest absolute Gasteiger partial charge is 0.234 e. The molecule has 1 heterocycles. The van der Waals surface area contributed by atoms with E-state index in [2.05, 4.69) is 15.5 Å². The molecule has 8 heteroatoms. The highest BCUT2D eigenvalue weighted by molar-refractivity contribution is 7.99. The molecule has 0 bridgehead atoms. The van der Waals surface area contributed by atoms with Crippen LogP contribution in [-0.4, -0.2) is 26.4 Å². The summed E-state index contributed by atoms with van der Waals surface area (Å²) in [5.74, 6) is 1.52. The van der Waals surface area contributed by atoms with E-state index < -0.39 is 0 Å². The lowest BCUT2D eigenvalue weighted by Crippen LogP contribution is -2.15. The standard InChI is InChI=1S/C27H27ClN4O2S/c1-17-8-12-22(13-9-17)32-24(15-34-26-19(3)6-5-7-20(26)4)30-31-27(32)35-16-25(33)29-21-11-10-18(2)23(28)14-21/h5-14H,15-16H2,1-4H3,(H,29,33). The Hall–Kier alpha value is -3.29. The van der Waals surface area contributed by atoms with Gasteiger partial charge in [0.05, 0.1) is 5.75 Å². The van der Waals surface area contributed by atoms with Crippen molar-refractivity contribution in [2.24, 2.45) is 0 Å². The fourth-order valence-electron chi connectivity index (χ4n) is 3.60. The van der Waals surface area contributed by atoms with Crippen LogP contribution in [0.2, 0.25) is 5.02 Å². The third-order valence-electron chi connectivity index (χ3n) is 5.53. The maximum absolute atomic E-state index is 12.6. The predicted octanol–water partition coefficient (Wildman–Crippen LogP) is 6.46. The second-order valence-corrected chi connectivity index (χ2v) is 9.73. The molecule has 0 spiro atoms. The zero-order valence-electron chi connectivity index (χ0n) is 20.1. The Morgan fingerprint density at radius 1 is 0.971 bits per heavy atom. The minimum absolute atomic E-state index is 0.151. The van der Waals surface area contributed by atoms with E-state index in [1.165, 1.54) is 11.8 Å². The third-order valence-corrected chi connectivity index (χ3v) is 6.87. The van der Waals surface area contributed by atoms with E-state index in [-0.39, 0.29) is 18.3 Å². The molecule has 0 radical (unpaired) electrons. The van der Waals surface area contributed by atoms with Crippen LogP contribution in [0.25, 0.3) is 5.69 Å². The van der Waals surface area contributed by atoms with Gasteiger partial charge in [0, 0.05) is 16.4 Å². The molecule has 35 heavy (non-hydrogen) atoms. The molecule has 1 amide bonds. The molecule has 3 aromatic carbocycles. The second kappa shape index (κ2) is 11.0. The van der Waals surface area contributed by atoms with E-state index in [0.29, 0.717) is 21.7 Å². The van der Waals surface area contributed by atoms with E-state index >= 15 is 0 Å². The maximum Gasteiger partial charge on any atom is 0.234 e. The first-order valence-electron chi connectivity index (χ1n) is 11.2. The number of anilines is 1. The number of aryl methyl sites for hydroxylation is 4. The Balaban J connectivity index is 1.53. The molecular weight excluding hydrogens is 480 g/mol. The van der Waals surface area contributed by atoms with Crippen LogP contribution in [0.15, 0.2) is 65.8 Å². The van der Waals surface area contributed by atoms with Crippen molar-refractivity contribution in [3.8, 4) is 11.4 Å². The Morgan fingerprint density at radius 2 is 1.69 bits per heavy atom. The van der Waals surface area contributed by atoms with Gasteiger partial charge in [-0.2, -0.15) is 0 Å². The van der Waals surface area contributed by atoms with Gasteiger partial charge < -0.3 is 10.1 Å². The van der Waals surface area contributed by atoms with Crippen molar-refractivity contribution >= 4 is 35.0 Å². The zero-order valence-corrected chi connectivity index (χ0v) is 21.7. The molecule has 180 valence electrons. The van der Waals surface area contributed by atoms with Gasteiger partial charge in [-0.15, -0.1) is 10.2 Å². The average molecular weight is 507 g/mol. The maximum atomic E-state index is 12.6.